The van der Waals surface area contributed by atoms with Crippen molar-refractivity contribution in [2.75, 3.05) is 19.0 Å². The van der Waals surface area contributed by atoms with Crippen LogP contribution in [0.1, 0.15) is 13.3 Å². The molecule has 7 nitrogen and oxygen atoms in total. The standard InChI is InChI=1S/C12H17N3O4/c1-8-10(3-4-19-8)12(17)14-9-5-13-15(6-9)7-11(16)18-2/h5-6,8,10H,3-4,7H2,1-2H3,(H,14,17). The van der Waals surface area contributed by atoms with E-state index in [4.69, 9.17) is 4.74 Å². The molecule has 1 amide bonds. The lowest BCUT2D eigenvalue weighted by atomic mass is 10.0. The maximum absolute atomic E-state index is 12.0. The third-order valence-corrected chi connectivity index (χ3v) is 3.13. The van der Waals surface area contributed by atoms with Crippen LogP contribution < -0.4 is 5.32 Å². The molecule has 2 heterocycles. The molecule has 0 aliphatic carbocycles. The Hall–Kier alpha value is -1.89. The number of carbonyl (C=O) groups excluding carboxylic acids is 2. The zero-order chi connectivity index (χ0) is 13.8. The van der Waals surface area contributed by atoms with Crippen molar-refractivity contribution in [2.45, 2.75) is 26.0 Å². The van der Waals surface area contributed by atoms with Gasteiger partial charge in [-0.05, 0) is 13.3 Å². The van der Waals surface area contributed by atoms with Gasteiger partial charge >= 0.3 is 5.97 Å². The first-order chi connectivity index (χ1) is 9.10. The van der Waals surface area contributed by atoms with E-state index in [-0.39, 0.29) is 24.5 Å². The number of aromatic nitrogens is 2. The Kier molecular flexibility index (Phi) is 4.16. The molecule has 1 aliphatic heterocycles. The molecule has 2 unspecified atom stereocenters. The molecule has 1 fully saturated rings. The van der Waals surface area contributed by atoms with Gasteiger partial charge in [0.25, 0.3) is 0 Å². The first-order valence-electron chi connectivity index (χ1n) is 6.12. The van der Waals surface area contributed by atoms with Gasteiger partial charge in [0.05, 0.1) is 31.0 Å². The van der Waals surface area contributed by atoms with Gasteiger partial charge in [0.1, 0.15) is 6.54 Å². The van der Waals surface area contributed by atoms with Crippen LogP contribution in [-0.2, 0) is 25.6 Å². The van der Waals surface area contributed by atoms with Crippen LogP contribution in [0, 0.1) is 5.92 Å². The highest BCUT2D eigenvalue weighted by Crippen LogP contribution is 2.22. The molecule has 0 aromatic carbocycles. The van der Waals surface area contributed by atoms with Gasteiger partial charge in [-0.3, -0.25) is 14.3 Å². The van der Waals surface area contributed by atoms with E-state index in [0.717, 1.165) is 6.42 Å². The molecule has 0 bridgehead atoms. The first-order valence-corrected chi connectivity index (χ1v) is 6.12. The van der Waals surface area contributed by atoms with Crippen LogP contribution in [0.25, 0.3) is 0 Å². The quantitative estimate of drug-likeness (QED) is 0.799. The zero-order valence-electron chi connectivity index (χ0n) is 11.0. The van der Waals surface area contributed by atoms with Crippen molar-refractivity contribution in [1.29, 1.82) is 0 Å². The van der Waals surface area contributed by atoms with Crippen molar-refractivity contribution in [3.63, 3.8) is 0 Å². The van der Waals surface area contributed by atoms with Gasteiger partial charge < -0.3 is 14.8 Å². The van der Waals surface area contributed by atoms with Gasteiger partial charge in [0.15, 0.2) is 0 Å². The number of ether oxygens (including phenoxy) is 2. The number of nitrogens with zero attached hydrogens (tertiary/aromatic N) is 2. The van der Waals surface area contributed by atoms with Crippen molar-refractivity contribution >= 4 is 17.6 Å². The molecule has 1 aromatic heterocycles. The Morgan fingerprint density at radius 1 is 1.63 bits per heavy atom. The van der Waals surface area contributed by atoms with Gasteiger partial charge in [-0.2, -0.15) is 5.10 Å². The van der Waals surface area contributed by atoms with E-state index in [2.05, 4.69) is 15.2 Å². The van der Waals surface area contributed by atoms with Crippen molar-refractivity contribution < 1.29 is 19.1 Å². The number of methoxy groups -OCH3 is 1. The Bertz CT molecular complexity index is 471. The Morgan fingerprint density at radius 3 is 3.05 bits per heavy atom. The van der Waals surface area contributed by atoms with E-state index < -0.39 is 5.97 Å². The SMILES string of the molecule is COC(=O)Cn1cc(NC(=O)C2CCOC2C)cn1. The number of carbonyl (C=O) groups is 2. The van der Waals surface area contributed by atoms with Gasteiger partial charge in [-0.15, -0.1) is 0 Å². The average molecular weight is 267 g/mol. The van der Waals surface area contributed by atoms with Crippen LogP contribution >= 0.6 is 0 Å². The predicted octanol–water partition coefficient (Wildman–Crippen LogP) is 0.420. The van der Waals surface area contributed by atoms with E-state index in [1.54, 1.807) is 6.20 Å². The second kappa shape index (κ2) is 5.83. The summed E-state index contributed by atoms with van der Waals surface area (Å²) in [6.07, 6.45) is 3.75. The molecule has 7 heteroatoms. The van der Waals surface area contributed by atoms with Gasteiger partial charge in [0, 0.05) is 12.8 Å². The van der Waals surface area contributed by atoms with Gasteiger partial charge in [0.2, 0.25) is 5.91 Å². The van der Waals surface area contributed by atoms with E-state index in [1.807, 2.05) is 6.92 Å². The number of rotatable bonds is 4. The molecule has 2 atom stereocenters. The summed E-state index contributed by atoms with van der Waals surface area (Å²) >= 11 is 0. The minimum Gasteiger partial charge on any atom is -0.468 e. The first kappa shape index (κ1) is 13.5. The largest absolute Gasteiger partial charge is 0.468 e. The monoisotopic (exact) mass is 267 g/mol. The second-order valence-corrected chi connectivity index (χ2v) is 4.46. The number of esters is 1. The van der Waals surface area contributed by atoms with Gasteiger partial charge in [-0.25, -0.2) is 0 Å². The molecule has 19 heavy (non-hydrogen) atoms. The Morgan fingerprint density at radius 2 is 2.42 bits per heavy atom. The fraction of sp³-hybridized carbons (Fsp3) is 0.583. The van der Waals surface area contributed by atoms with Gasteiger partial charge in [-0.1, -0.05) is 0 Å². The minimum atomic E-state index is -0.390. The van der Waals surface area contributed by atoms with Crippen LogP contribution in [0.3, 0.4) is 0 Å². The van der Waals surface area contributed by atoms with Crippen molar-refractivity contribution in [3.05, 3.63) is 12.4 Å². The summed E-state index contributed by atoms with van der Waals surface area (Å²) in [5, 5.41) is 6.74. The highest BCUT2D eigenvalue weighted by molar-refractivity contribution is 5.92. The molecule has 1 aliphatic rings. The topological polar surface area (TPSA) is 82.5 Å². The maximum Gasteiger partial charge on any atom is 0.327 e. The van der Waals surface area contributed by atoms with E-state index in [9.17, 15) is 9.59 Å². The summed E-state index contributed by atoms with van der Waals surface area (Å²) in [7, 11) is 1.32. The average Bonchev–Trinajstić information content (AvgIpc) is 2.98. The van der Waals surface area contributed by atoms with E-state index >= 15 is 0 Å². The van der Waals surface area contributed by atoms with Crippen LogP contribution in [-0.4, -0.2) is 41.5 Å². The fourth-order valence-corrected chi connectivity index (χ4v) is 2.02. The lowest BCUT2D eigenvalue weighted by molar-refractivity contribution is -0.141. The van der Waals surface area contributed by atoms with Crippen LogP contribution in [0.4, 0.5) is 5.69 Å². The van der Waals surface area contributed by atoms with Crippen LogP contribution in [0.2, 0.25) is 0 Å². The summed E-state index contributed by atoms with van der Waals surface area (Å²) in [4.78, 5) is 23.1. The molecule has 1 N–H and O–H groups in total. The predicted molar refractivity (Wildman–Crippen MR) is 66.4 cm³/mol. The minimum absolute atomic E-state index is 0.0231. The Balaban J connectivity index is 1.92. The molecule has 1 saturated heterocycles. The normalized spacial score (nSPS) is 22.2. The summed E-state index contributed by atoms with van der Waals surface area (Å²) < 4.78 is 11.3. The zero-order valence-corrected chi connectivity index (χ0v) is 11.0. The summed E-state index contributed by atoms with van der Waals surface area (Å²) in [5.74, 6) is -0.606. The van der Waals surface area contributed by atoms with Crippen molar-refractivity contribution in [2.24, 2.45) is 5.92 Å². The number of amides is 1. The molecule has 2 rings (SSSR count). The third kappa shape index (κ3) is 3.31. The third-order valence-electron chi connectivity index (χ3n) is 3.13. The smallest absolute Gasteiger partial charge is 0.327 e. The van der Waals surface area contributed by atoms with Crippen LogP contribution in [0.15, 0.2) is 12.4 Å². The second-order valence-electron chi connectivity index (χ2n) is 4.46. The van der Waals surface area contributed by atoms with E-state index in [0.29, 0.717) is 12.3 Å². The van der Waals surface area contributed by atoms with E-state index in [1.165, 1.54) is 18.0 Å². The summed E-state index contributed by atoms with van der Waals surface area (Å²) in [6.45, 7) is 2.52. The number of hydrogen-bond acceptors (Lipinski definition) is 5. The Labute approximate surface area is 110 Å². The molecular weight excluding hydrogens is 250 g/mol. The maximum atomic E-state index is 12.0. The molecule has 0 spiro atoms. The summed E-state index contributed by atoms with van der Waals surface area (Å²) in [5.41, 5.74) is 0.563. The lowest BCUT2D eigenvalue weighted by Crippen LogP contribution is -2.27. The lowest BCUT2D eigenvalue weighted by Gasteiger charge is -2.12. The number of hydrogen-bond donors (Lipinski definition) is 1. The molecule has 104 valence electrons. The highest BCUT2D eigenvalue weighted by Gasteiger charge is 2.30. The summed E-state index contributed by atoms with van der Waals surface area (Å²) in [6, 6.07) is 0. The van der Waals surface area contributed by atoms with Crippen LogP contribution in [0.5, 0.6) is 0 Å². The number of anilines is 1. The van der Waals surface area contributed by atoms with Crippen molar-refractivity contribution in [3.8, 4) is 0 Å². The molecule has 0 saturated carbocycles. The number of nitrogens with one attached hydrogen (secondary N) is 1. The van der Waals surface area contributed by atoms with Crippen molar-refractivity contribution in [1.82, 2.24) is 9.78 Å². The fourth-order valence-electron chi connectivity index (χ4n) is 2.02. The molecular formula is C12H17N3O4. The molecule has 0 radical (unpaired) electrons. The highest BCUT2D eigenvalue weighted by atomic mass is 16.5. The molecule has 1 aromatic rings.